The Labute approximate surface area is 83.7 Å². The van der Waals surface area contributed by atoms with E-state index in [1.807, 2.05) is 0 Å². The van der Waals surface area contributed by atoms with Crippen molar-refractivity contribution in [2.75, 3.05) is 0 Å². The molecule has 2 aromatic rings. The molecule has 5 nitrogen and oxygen atoms in total. The van der Waals surface area contributed by atoms with Crippen molar-refractivity contribution in [3.63, 3.8) is 0 Å². The highest BCUT2D eigenvalue weighted by Gasteiger charge is 2.10. The maximum atomic E-state index is 11.5. The van der Waals surface area contributed by atoms with Crippen molar-refractivity contribution in [2.45, 2.75) is 0 Å². The summed E-state index contributed by atoms with van der Waals surface area (Å²) in [6, 6.07) is 5.37. The van der Waals surface area contributed by atoms with Crippen LogP contribution in [0.1, 0.15) is 10.6 Å². The Bertz CT molecular complexity index is 600. The number of phenolic OH excluding ortho intramolecular Hbond substituents is 1. The Hall–Kier alpha value is -2.30. The van der Waals surface area contributed by atoms with Crippen molar-refractivity contribution in [2.24, 2.45) is 5.73 Å². The molecule has 0 aliphatic carbocycles. The van der Waals surface area contributed by atoms with Crippen LogP contribution in [0.25, 0.3) is 11.0 Å². The first-order chi connectivity index (χ1) is 7.09. The first kappa shape index (κ1) is 9.26. The van der Waals surface area contributed by atoms with E-state index in [1.54, 1.807) is 0 Å². The molecule has 15 heavy (non-hydrogen) atoms. The summed E-state index contributed by atoms with van der Waals surface area (Å²) >= 11 is 0. The van der Waals surface area contributed by atoms with Crippen LogP contribution in [-0.4, -0.2) is 11.0 Å². The molecule has 1 amide bonds. The van der Waals surface area contributed by atoms with Crippen LogP contribution in [0.4, 0.5) is 0 Å². The van der Waals surface area contributed by atoms with Crippen LogP contribution in [0.2, 0.25) is 0 Å². The van der Waals surface area contributed by atoms with E-state index in [2.05, 4.69) is 0 Å². The lowest BCUT2D eigenvalue weighted by atomic mass is 10.2. The molecule has 0 bridgehead atoms. The molecule has 0 unspecified atom stereocenters. The van der Waals surface area contributed by atoms with E-state index in [0.29, 0.717) is 0 Å². The SMILES string of the molecule is NC(=O)c1cc(=O)c2cccc(O)c2o1. The van der Waals surface area contributed by atoms with Crippen molar-refractivity contribution in [3.05, 3.63) is 40.2 Å². The third-order valence-corrected chi connectivity index (χ3v) is 1.98. The topological polar surface area (TPSA) is 93.5 Å². The number of hydrogen-bond acceptors (Lipinski definition) is 4. The molecule has 1 heterocycles. The average Bonchev–Trinajstić information content (AvgIpc) is 2.19. The number of hydrogen-bond donors (Lipinski definition) is 2. The van der Waals surface area contributed by atoms with Gasteiger partial charge in [0, 0.05) is 6.07 Å². The van der Waals surface area contributed by atoms with Gasteiger partial charge < -0.3 is 15.3 Å². The Morgan fingerprint density at radius 2 is 2.13 bits per heavy atom. The van der Waals surface area contributed by atoms with Crippen molar-refractivity contribution in [1.29, 1.82) is 0 Å². The zero-order valence-corrected chi connectivity index (χ0v) is 7.56. The van der Waals surface area contributed by atoms with Gasteiger partial charge in [0.05, 0.1) is 5.39 Å². The molecule has 76 valence electrons. The molecule has 5 heteroatoms. The minimum Gasteiger partial charge on any atom is -0.504 e. The van der Waals surface area contributed by atoms with Crippen LogP contribution in [-0.2, 0) is 0 Å². The van der Waals surface area contributed by atoms with E-state index in [0.717, 1.165) is 6.07 Å². The van der Waals surface area contributed by atoms with Gasteiger partial charge in [0.1, 0.15) is 0 Å². The molecule has 0 aliphatic rings. The number of carbonyl (C=O) groups is 1. The van der Waals surface area contributed by atoms with Crippen LogP contribution in [0, 0.1) is 0 Å². The number of amides is 1. The van der Waals surface area contributed by atoms with Crippen LogP contribution < -0.4 is 11.2 Å². The molecule has 0 saturated heterocycles. The van der Waals surface area contributed by atoms with Crippen molar-refractivity contribution in [3.8, 4) is 5.75 Å². The lowest BCUT2D eigenvalue weighted by Gasteiger charge is -2.00. The average molecular weight is 205 g/mol. The Morgan fingerprint density at radius 3 is 2.80 bits per heavy atom. The van der Waals surface area contributed by atoms with E-state index in [4.69, 9.17) is 10.2 Å². The number of aromatic hydroxyl groups is 1. The minimum atomic E-state index is -0.850. The van der Waals surface area contributed by atoms with E-state index in [-0.39, 0.29) is 22.5 Å². The van der Waals surface area contributed by atoms with Gasteiger partial charge in [-0.2, -0.15) is 0 Å². The monoisotopic (exact) mass is 205 g/mol. The first-order valence-corrected chi connectivity index (χ1v) is 4.15. The molecular weight excluding hydrogens is 198 g/mol. The molecule has 3 N–H and O–H groups in total. The summed E-state index contributed by atoms with van der Waals surface area (Å²) in [5.74, 6) is -1.32. The van der Waals surface area contributed by atoms with Gasteiger partial charge in [-0.3, -0.25) is 9.59 Å². The quantitative estimate of drug-likeness (QED) is 0.712. The molecule has 0 saturated carbocycles. The molecule has 0 spiro atoms. The van der Waals surface area contributed by atoms with E-state index >= 15 is 0 Å². The Balaban J connectivity index is 2.92. The zero-order chi connectivity index (χ0) is 11.0. The number of benzene rings is 1. The molecular formula is C10H7NO4. The molecule has 0 radical (unpaired) electrons. The maximum Gasteiger partial charge on any atom is 0.284 e. The second-order valence-electron chi connectivity index (χ2n) is 2.99. The van der Waals surface area contributed by atoms with Crippen LogP contribution >= 0.6 is 0 Å². The van der Waals surface area contributed by atoms with Crippen LogP contribution in [0.3, 0.4) is 0 Å². The number of nitrogens with two attached hydrogens (primary N) is 1. The summed E-state index contributed by atoms with van der Waals surface area (Å²) in [6.07, 6.45) is 0. The normalized spacial score (nSPS) is 10.4. The van der Waals surface area contributed by atoms with E-state index < -0.39 is 11.3 Å². The first-order valence-electron chi connectivity index (χ1n) is 4.15. The van der Waals surface area contributed by atoms with Gasteiger partial charge in [0.2, 0.25) is 0 Å². The van der Waals surface area contributed by atoms with E-state index in [9.17, 15) is 14.7 Å². The number of para-hydroxylation sites is 1. The Morgan fingerprint density at radius 1 is 1.40 bits per heavy atom. The number of primary amides is 1. The molecule has 1 aromatic carbocycles. The zero-order valence-electron chi connectivity index (χ0n) is 7.56. The molecule has 0 fully saturated rings. The molecule has 1 aromatic heterocycles. The fourth-order valence-corrected chi connectivity index (χ4v) is 1.28. The fraction of sp³-hybridized carbons (Fsp3) is 0. The smallest absolute Gasteiger partial charge is 0.284 e. The van der Waals surface area contributed by atoms with Gasteiger partial charge in [0.15, 0.2) is 22.5 Å². The van der Waals surface area contributed by atoms with Crippen LogP contribution in [0.5, 0.6) is 5.75 Å². The van der Waals surface area contributed by atoms with Crippen molar-refractivity contribution in [1.82, 2.24) is 0 Å². The lowest BCUT2D eigenvalue weighted by molar-refractivity contribution is 0.0974. The highest BCUT2D eigenvalue weighted by molar-refractivity contribution is 5.92. The summed E-state index contributed by atoms with van der Waals surface area (Å²) in [5, 5.41) is 9.63. The number of rotatable bonds is 1. The largest absolute Gasteiger partial charge is 0.504 e. The van der Waals surface area contributed by atoms with Gasteiger partial charge in [-0.05, 0) is 12.1 Å². The Kier molecular flexibility index (Phi) is 1.93. The highest BCUT2D eigenvalue weighted by Crippen LogP contribution is 2.22. The summed E-state index contributed by atoms with van der Waals surface area (Å²) in [6.45, 7) is 0. The molecule has 0 aliphatic heterocycles. The number of fused-ring (bicyclic) bond motifs is 1. The predicted octanol–water partition coefficient (Wildman–Crippen LogP) is 0.597. The van der Waals surface area contributed by atoms with E-state index in [1.165, 1.54) is 18.2 Å². The van der Waals surface area contributed by atoms with Gasteiger partial charge >= 0.3 is 0 Å². The summed E-state index contributed by atoms with van der Waals surface area (Å²) in [7, 11) is 0. The lowest BCUT2D eigenvalue weighted by Crippen LogP contribution is -2.14. The van der Waals surface area contributed by atoms with Gasteiger partial charge in [-0.25, -0.2) is 0 Å². The third kappa shape index (κ3) is 1.43. The molecule has 0 atom stereocenters. The summed E-state index contributed by atoms with van der Waals surface area (Å²) in [5.41, 5.74) is 4.53. The third-order valence-electron chi connectivity index (χ3n) is 1.98. The van der Waals surface area contributed by atoms with Gasteiger partial charge in [0.25, 0.3) is 5.91 Å². The summed E-state index contributed by atoms with van der Waals surface area (Å²) in [4.78, 5) is 22.3. The second-order valence-corrected chi connectivity index (χ2v) is 2.99. The maximum absolute atomic E-state index is 11.5. The van der Waals surface area contributed by atoms with Gasteiger partial charge in [-0.1, -0.05) is 6.07 Å². The van der Waals surface area contributed by atoms with Crippen molar-refractivity contribution < 1.29 is 14.3 Å². The standard InChI is InChI=1S/C10H7NO4/c11-10(14)8-4-7(13)5-2-1-3-6(12)9(5)15-8/h1-4,12H,(H2,11,14). The fourth-order valence-electron chi connectivity index (χ4n) is 1.28. The second kappa shape index (κ2) is 3.13. The summed E-state index contributed by atoms with van der Waals surface area (Å²) < 4.78 is 5.01. The van der Waals surface area contributed by atoms with Gasteiger partial charge in [-0.15, -0.1) is 0 Å². The van der Waals surface area contributed by atoms with Crippen LogP contribution in [0.15, 0.2) is 33.5 Å². The molecule has 2 rings (SSSR count). The number of carbonyl (C=O) groups excluding carboxylic acids is 1. The minimum absolute atomic E-state index is 0.0289. The predicted molar refractivity (Wildman–Crippen MR) is 52.7 cm³/mol. The van der Waals surface area contributed by atoms with Crippen molar-refractivity contribution >= 4 is 16.9 Å². The number of phenols is 1. The highest BCUT2D eigenvalue weighted by atomic mass is 16.4.